The van der Waals surface area contributed by atoms with Gasteiger partial charge in [-0.1, -0.05) is 12.1 Å². The van der Waals surface area contributed by atoms with Gasteiger partial charge in [0.05, 0.1) is 11.6 Å². The molecule has 0 saturated heterocycles. The number of ether oxygens (including phenoxy) is 1. The molecule has 0 aromatic heterocycles. The average molecular weight is 314 g/mol. The van der Waals surface area contributed by atoms with E-state index in [9.17, 15) is 9.50 Å². The fraction of sp³-hybridized carbons (Fsp3) is 0.278. The van der Waals surface area contributed by atoms with Gasteiger partial charge in [0.2, 0.25) is 0 Å². The molecule has 23 heavy (non-hydrogen) atoms. The molecule has 0 aliphatic carbocycles. The highest BCUT2D eigenvalue weighted by Gasteiger charge is 2.09. The molecular weight excluding hydrogens is 295 g/mol. The highest BCUT2D eigenvalue weighted by atomic mass is 19.1. The molecule has 2 rings (SSSR count). The van der Waals surface area contributed by atoms with Gasteiger partial charge in [0, 0.05) is 12.6 Å². The van der Waals surface area contributed by atoms with Gasteiger partial charge in [0.15, 0.2) is 0 Å². The number of aliphatic hydroxyl groups is 1. The Balaban J connectivity index is 1.75. The van der Waals surface area contributed by atoms with Gasteiger partial charge in [0.25, 0.3) is 0 Å². The Morgan fingerprint density at radius 3 is 2.43 bits per heavy atom. The summed E-state index contributed by atoms with van der Waals surface area (Å²) in [6.45, 7) is 2.45. The number of nitrogens with zero attached hydrogens (tertiary/aromatic N) is 1. The number of benzene rings is 2. The third-order valence-electron chi connectivity index (χ3n) is 3.46. The summed E-state index contributed by atoms with van der Waals surface area (Å²) in [6.07, 6.45) is -0.673. The normalized spacial score (nSPS) is 13.1. The van der Waals surface area contributed by atoms with Crippen LogP contribution in [-0.4, -0.2) is 24.4 Å². The van der Waals surface area contributed by atoms with E-state index in [1.165, 1.54) is 12.1 Å². The van der Waals surface area contributed by atoms with Gasteiger partial charge in [-0.3, -0.25) is 0 Å². The van der Waals surface area contributed by atoms with Crippen molar-refractivity contribution in [2.75, 3.05) is 13.2 Å². The van der Waals surface area contributed by atoms with Crippen LogP contribution in [-0.2, 0) is 0 Å². The van der Waals surface area contributed by atoms with Crippen LogP contribution in [0.3, 0.4) is 0 Å². The van der Waals surface area contributed by atoms with Gasteiger partial charge in [-0.2, -0.15) is 5.26 Å². The van der Waals surface area contributed by atoms with Crippen molar-refractivity contribution in [1.82, 2.24) is 5.32 Å². The lowest BCUT2D eigenvalue weighted by Crippen LogP contribution is -2.33. The Morgan fingerprint density at radius 1 is 1.17 bits per heavy atom. The highest BCUT2D eigenvalue weighted by Crippen LogP contribution is 2.13. The summed E-state index contributed by atoms with van der Waals surface area (Å²) < 4.78 is 18.4. The van der Waals surface area contributed by atoms with E-state index in [-0.39, 0.29) is 18.5 Å². The molecule has 0 saturated carbocycles. The van der Waals surface area contributed by atoms with E-state index in [0.717, 1.165) is 5.56 Å². The van der Waals surface area contributed by atoms with Crippen LogP contribution in [0.5, 0.6) is 5.75 Å². The molecule has 0 bridgehead atoms. The monoisotopic (exact) mass is 314 g/mol. The first-order valence-electron chi connectivity index (χ1n) is 7.38. The van der Waals surface area contributed by atoms with Crippen LogP contribution in [0.4, 0.5) is 4.39 Å². The minimum atomic E-state index is -0.673. The second kappa shape index (κ2) is 8.28. The average Bonchev–Trinajstić information content (AvgIpc) is 2.59. The molecule has 0 unspecified atom stereocenters. The zero-order valence-corrected chi connectivity index (χ0v) is 12.9. The summed E-state index contributed by atoms with van der Waals surface area (Å²) in [4.78, 5) is 0. The molecule has 2 N–H and O–H groups in total. The first-order chi connectivity index (χ1) is 11.1. The Kier molecular flexibility index (Phi) is 6.10. The van der Waals surface area contributed by atoms with Crippen LogP contribution in [0.1, 0.15) is 24.1 Å². The molecule has 0 aliphatic rings. The van der Waals surface area contributed by atoms with Crippen molar-refractivity contribution in [2.24, 2.45) is 0 Å². The summed E-state index contributed by atoms with van der Waals surface area (Å²) in [6, 6.07) is 15.0. The summed E-state index contributed by atoms with van der Waals surface area (Å²) in [7, 11) is 0. The van der Waals surface area contributed by atoms with Gasteiger partial charge < -0.3 is 15.2 Å². The standard InChI is InChI=1S/C18H19FN2O2/c1-13(15-4-6-16(19)7-5-15)21-11-17(22)12-23-18-8-2-14(10-20)3-9-18/h2-9,13,17,21-22H,11-12H2,1H3/t13-,17-/m1/s1. The Bertz CT molecular complexity index is 650. The molecule has 4 nitrogen and oxygen atoms in total. The highest BCUT2D eigenvalue weighted by molar-refractivity contribution is 5.34. The smallest absolute Gasteiger partial charge is 0.123 e. The minimum absolute atomic E-state index is 0.000150. The van der Waals surface area contributed by atoms with Crippen LogP contribution >= 0.6 is 0 Å². The van der Waals surface area contributed by atoms with Gasteiger partial charge in [-0.05, 0) is 48.9 Å². The fourth-order valence-electron chi connectivity index (χ4n) is 2.06. The predicted octanol–water partition coefficient (Wildman–Crippen LogP) is 2.79. The maximum Gasteiger partial charge on any atom is 0.123 e. The Morgan fingerprint density at radius 2 is 1.83 bits per heavy atom. The van der Waals surface area contributed by atoms with Crippen molar-refractivity contribution in [3.8, 4) is 11.8 Å². The maximum atomic E-state index is 12.9. The molecule has 120 valence electrons. The second-order valence-electron chi connectivity index (χ2n) is 5.28. The number of halogens is 1. The predicted molar refractivity (Wildman–Crippen MR) is 85.5 cm³/mol. The molecule has 0 amide bonds. The fourth-order valence-corrected chi connectivity index (χ4v) is 2.06. The summed E-state index contributed by atoms with van der Waals surface area (Å²) >= 11 is 0. The third kappa shape index (κ3) is 5.37. The quantitative estimate of drug-likeness (QED) is 0.825. The van der Waals surface area contributed by atoms with Crippen LogP contribution in [0.2, 0.25) is 0 Å². The van der Waals surface area contributed by atoms with Gasteiger partial charge in [-0.25, -0.2) is 4.39 Å². The van der Waals surface area contributed by atoms with E-state index in [4.69, 9.17) is 10.00 Å². The summed E-state index contributed by atoms with van der Waals surface area (Å²) in [5.41, 5.74) is 1.51. The molecule has 5 heteroatoms. The SMILES string of the molecule is C[C@@H](NC[C@@H](O)COc1ccc(C#N)cc1)c1ccc(F)cc1. The van der Waals surface area contributed by atoms with Crippen LogP contribution in [0.25, 0.3) is 0 Å². The van der Waals surface area contributed by atoms with Crippen molar-refractivity contribution in [3.05, 3.63) is 65.5 Å². The van der Waals surface area contributed by atoms with Crippen molar-refractivity contribution >= 4 is 0 Å². The van der Waals surface area contributed by atoms with Crippen LogP contribution in [0, 0.1) is 17.1 Å². The first-order valence-corrected chi connectivity index (χ1v) is 7.38. The van der Waals surface area contributed by atoms with Crippen LogP contribution in [0.15, 0.2) is 48.5 Å². The zero-order chi connectivity index (χ0) is 16.7. The summed E-state index contributed by atoms with van der Waals surface area (Å²) in [5, 5.41) is 21.8. The van der Waals surface area contributed by atoms with Crippen molar-refractivity contribution < 1.29 is 14.2 Å². The van der Waals surface area contributed by atoms with Gasteiger partial charge in [0.1, 0.15) is 24.3 Å². The molecule has 2 atom stereocenters. The maximum absolute atomic E-state index is 12.9. The van der Waals surface area contributed by atoms with Crippen molar-refractivity contribution in [3.63, 3.8) is 0 Å². The number of nitrogens with one attached hydrogen (secondary N) is 1. The number of hydrogen-bond donors (Lipinski definition) is 2. The largest absolute Gasteiger partial charge is 0.491 e. The van der Waals surface area contributed by atoms with Gasteiger partial charge >= 0.3 is 0 Å². The van der Waals surface area contributed by atoms with Crippen LogP contribution < -0.4 is 10.1 Å². The minimum Gasteiger partial charge on any atom is -0.491 e. The lowest BCUT2D eigenvalue weighted by Gasteiger charge is -2.18. The zero-order valence-electron chi connectivity index (χ0n) is 12.9. The summed E-state index contributed by atoms with van der Waals surface area (Å²) in [5.74, 6) is 0.339. The molecule has 2 aromatic rings. The third-order valence-corrected chi connectivity index (χ3v) is 3.46. The number of nitriles is 1. The lowest BCUT2D eigenvalue weighted by molar-refractivity contribution is 0.104. The Hall–Kier alpha value is -2.42. The van der Waals surface area contributed by atoms with Crippen molar-refractivity contribution in [2.45, 2.75) is 19.1 Å². The lowest BCUT2D eigenvalue weighted by atomic mass is 10.1. The Labute approximate surface area is 135 Å². The van der Waals surface area contributed by atoms with E-state index < -0.39 is 6.10 Å². The molecular formula is C18H19FN2O2. The molecule has 0 heterocycles. The topological polar surface area (TPSA) is 65.3 Å². The van der Waals surface area contributed by atoms with E-state index in [1.807, 2.05) is 13.0 Å². The first kappa shape index (κ1) is 16.9. The van der Waals surface area contributed by atoms with E-state index in [2.05, 4.69) is 5.32 Å². The molecule has 0 aliphatic heterocycles. The van der Waals surface area contributed by atoms with E-state index in [1.54, 1.807) is 36.4 Å². The second-order valence-corrected chi connectivity index (χ2v) is 5.28. The van der Waals surface area contributed by atoms with Gasteiger partial charge in [-0.15, -0.1) is 0 Å². The molecule has 0 spiro atoms. The van der Waals surface area contributed by atoms with E-state index >= 15 is 0 Å². The number of hydrogen-bond acceptors (Lipinski definition) is 4. The molecule has 0 fully saturated rings. The molecule has 0 radical (unpaired) electrons. The molecule has 2 aromatic carbocycles. The number of aliphatic hydroxyl groups excluding tert-OH is 1. The van der Waals surface area contributed by atoms with Crippen molar-refractivity contribution in [1.29, 1.82) is 5.26 Å². The van der Waals surface area contributed by atoms with E-state index in [0.29, 0.717) is 17.9 Å². The number of rotatable bonds is 7.